The first-order valence-corrected chi connectivity index (χ1v) is 7.21. The third-order valence-electron chi connectivity index (χ3n) is 2.89. The highest BCUT2D eigenvalue weighted by atomic mass is 32.1. The predicted octanol–water partition coefficient (Wildman–Crippen LogP) is 2.16. The van der Waals surface area contributed by atoms with Crippen LogP contribution in [0.3, 0.4) is 0 Å². The number of nitro groups is 1. The van der Waals surface area contributed by atoms with Gasteiger partial charge in [-0.25, -0.2) is 0 Å². The SMILES string of the molecule is COCCNCc1nnc(-c2cc([N+](=O)[O-])ccc2C)s1. The molecule has 0 radical (unpaired) electrons. The number of non-ortho nitro benzene ring substituents is 1. The molecule has 21 heavy (non-hydrogen) atoms. The van der Waals surface area contributed by atoms with E-state index in [0.29, 0.717) is 18.2 Å². The van der Waals surface area contributed by atoms with Gasteiger partial charge in [0.2, 0.25) is 0 Å². The van der Waals surface area contributed by atoms with Gasteiger partial charge in [-0.15, -0.1) is 10.2 Å². The first-order chi connectivity index (χ1) is 10.1. The van der Waals surface area contributed by atoms with Crippen molar-refractivity contribution in [3.63, 3.8) is 0 Å². The Hall–Kier alpha value is -1.90. The normalized spacial score (nSPS) is 10.8. The number of methoxy groups -OCH3 is 1. The Morgan fingerprint density at radius 1 is 1.43 bits per heavy atom. The van der Waals surface area contributed by atoms with Gasteiger partial charge in [0.05, 0.1) is 11.5 Å². The van der Waals surface area contributed by atoms with Gasteiger partial charge >= 0.3 is 0 Å². The molecular formula is C13H16N4O3S. The molecule has 0 amide bonds. The summed E-state index contributed by atoms with van der Waals surface area (Å²) < 4.78 is 4.95. The van der Waals surface area contributed by atoms with Crippen molar-refractivity contribution in [3.8, 4) is 10.6 Å². The van der Waals surface area contributed by atoms with Gasteiger partial charge < -0.3 is 10.1 Å². The Labute approximate surface area is 126 Å². The molecular weight excluding hydrogens is 292 g/mol. The van der Waals surface area contributed by atoms with Gasteiger partial charge in [-0.1, -0.05) is 17.4 Å². The molecule has 1 N–H and O–H groups in total. The van der Waals surface area contributed by atoms with E-state index in [1.807, 2.05) is 6.92 Å². The molecule has 1 aromatic carbocycles. The molecule has 0 aliphatic rings. The number of hydrogen-bond donors (Lipinski definition) is 1. The maximum atomic E-state index is 10.9. The highest BCUT2D eigenvalue weighted by molar-refractivity contribution is 7.14. The largest absolute Gasteiger partial charge is 0.383 e. The molecule has 0 saturated carbocycles. The summed E-state index contributed by atoms with van der Waals surface area (Å²) in [7, 11) is 1.65. The number of nitro benzene ring substituents is 1. The van der Waals surface area contributed by atoms with E-state index in [2.05, 4.69) is 15.5 Å². The molecule has 0 unspecified atom stereocenters. The van der Waals surface area contributed by atoms with Crippen LogP contribution in [0.4, 0.5) is 5.69 Å². The number of nitrogens with zero attached hydrogens (tertiary/aromatic N) is 3. The molecule has 0 saturated heterocycles. The van der Waals surface area contributed by atoms with Crippen molar-refractivity contribution in [1.29, 1.82) is 0 Å². The van der Waals surface area contributed by atoms with E-state index in [4.69, 9.17) is 4.74 Å². The monoisotopic (exact) mass is 308 g/mol. The summed E-state index contributed by atoms with van der Waals surface area (Å²) in [4.78, 5) is 10.4. The molecule has 0 fully saturated rings. The summed E-state index contributed by atoms with van der Waals surface area (Å²) in [6.45, 7) is 3.88. The summed E-state index contributed by atoms with van der Waals surface area (Å²) in [5.41, 5.74) is 1.76. The Morgan fingerprint density at radius 2 is 2.24 bits per heavy atom. The van der Waals surface area contributed by atoms with E-state index >= 15 is 0 Å². The molecule has 0 aliphatic carbocycles. The van der Waals surface area contributed by atoms with Gasteiger partial charge in [0.1, 0.15) is 10.0 Å². The van der Waals surface area contributed by atoms with Gasteiger partial charge in [0.15, 0.2) is 0 Å². The van der Waals surface area contributed by atoms with Crippen LogP contribution in [-0.2, 0) is 11.3 Å². The van der Waals surface area contributed by atoms with Crippen LogP contribution in [0.15, 0.2) is 18.2 Å². The van der Waals surface area contributed by atoms with Crippen LogP contribution >= 0.6 is 11.3 Å². The van der Waals surface area contributed by atoms with E-state index < -0.39 is 4.92 Å². The summed E-state index contributed by atoms with van der Waals surface area (Å²) in [6, 6.07) is 4.76. The van der Waals surface area contributed by atoms with Gasteiger partial charge in [-0.2, -0.15) is 0 Å². The number of hydrogen-bond acceptors (Lipinski definition) is 7. The minimum absolute atomic E-state index is 0.0607. The van der Waals surface area contributed by atoms with Crippen LogP contribution < -0.4 is 5.32 Å². The minimum Gasteiger partial charge on any atom is -0.383 e. The van der Waals surface area contributed by atoms with E-state index in [1.54, 1.807) is 13.2 Å². The lowest BCUT2D eigenvalue weighted by molar-refractivity contribution is -0.384. The first kappa shape index (κ1) is 15.5. The van der Waals surface area contributed by atoms with E-state index in [0.717, 1.165) is 22.7 Å². The smallest absolute Gasteiger partial charge is 0.270 e. The van der Waals surface area contributed by atoms with Crippen LogP contribution in [0.1, 0.15) is 10.6 Å². The average molecular weight is 308 g/mol. The minimum atomic E-state index is -0.406. The van der Waals surface area contributed by atoms with Crippen LogP contribution in [-0.4, -0.2) is 35.4 Å². The van der Waals surface area contributed by atoms with Gasteiger partial charge in [-0.05, 0) is 12.5 Å². The second-order valence-corrected chi connectivity index (χ2v) is 5.49. The molecule has 0 atom stereocenters. The van der Waals surface area contributed by atoms with E-state index in [9.17, 15) is 10.1 Å². The zero-order valence-electron chi connectivity index (χ0n) is 11.8. The zero-order valence-corrected chi connectivity index (χ0v) is 12.6. The number of benzene rings is 1. The summed E-state index contributed by atoms with van der Waals surface area (Å²) >= 11 is 1.43. The lowest BCUT2D eigenvalue weighted by Crippen LogP contribution is -2.18. The lowest BCUT2D eigenvalue weighted by Gasteiger charge is -2.01. The second kappa shape index (κ2) is 7.21. The van der Waals surface area contributed by atoms with Crippen molar-refractivity contribution in [2.45, 2.75) is 13.5 Å². The van der Waals surface area contributed by atoms with Crippen molar-refractivity contribution in [2.24, 2.45) is 0 Å². The van der Waals surface area contributed by atoms with E-state index in [1.165, 1.54) is 23.5 Å². The molecule has 0 bridgehead atoms. The first-order valence-electron chi connectivity index (χ1n) is 6.39. The molecule has 1 aromatic heterocycles. The standard InChI is InChI=1S/C13H16N4O3S/c1-9-3-4-10(17(18)19)7-11(9)13-16-15-12(21-13)8-14-5-6-20-2/h3-4,7,14H,5-6,8H2,1-2H3. The molecule has 112 valence electrons. The van der Waals surface area contributed by atoms with Crippen molar-refractivity contribution < 1.29 is 9.66 Å². The average Bonchev–Trinajstić information content (AvgIpc) is 2.92. The number of nitrogens with one attached hydrogen (secondary N) is 1. The van der Waals surface area contributed by atoms with Crippen molar-refractivity contribution >= 4 is 17.0 Å². The third kappa shape index (κ3) is 4.03. The molecule has 2 aromatic rings. The fourth-order valence-electron chi connectivity index (χ4n) is 1.76. The molecule has 7 nitrogen and oxygen atoms in total. The van der Waals surface area contributed by atoms with Crippen LogP contribution in [0, 0.1) is 17.0 Å². The summed E-state index contributed by atoms with van der Waals surface area (Å²) in [6.07, 6.45) is 0. The maximum absolute atomic E-state index is 10.9. The Morgan fingerprint density at radius 3 is 2.95 bits per heavy atom. The fourth-order valence-corrected chi connectivity index (χ4v) is 2.65. The summed E-state index contributed by atoms with van der Waals surface area (Å²) in [5.74, 6) is 0. The number of rotatable bonds is 7. The maximum Gasteiger partial charge on any atom is 0.270 e. The molecule has 1 heterocycles. The number of ether oxygens (including phenoxy) is 1. The zero-order chi connectivity index (χ0) is 15.2. The highest BCUT2D eigenvalue weighted by Gasteiger charge is 2.14. The Kier molecular flexibility index (Phi) is 5.32. The Bertz CT molecular complexity index is 630. The third-order valence-corrected chi connectivity index (χ3v) is 3.84. The molecule has 0 spiro atoms. The predicted molar refractivity (Wildman–Crippen MR) is 80.3 cm³/mol. The van der Waals surface area contributed by atoms with Crippen molar-refractivity contribution in [3.05, 3.63) is 38.9 Å². The molecule has 0 aliphatic heterocycles. The Balaban J connectivity index is 2.13. The van der Waals surface area contributed by atoms with Crippen LogP contribution in [0.2, 0.25) is 0 Å². The topological polar surface area (TPSA) is 90.2 Å². The van der Waals surface area contributed by atoms with Crippen molar-refractivity contribution in [1.82, 2.24) is 15.5 Å². The highest BCUT2D eigenvalue weighted by Crippen LogP contribution is 2.29. The number of aryl methyl sites for hydroxylation is 1. The molecule has 8 heteroatoms. The molecule has 2 rings (SSSR count). The van der Waals surface area contributed by atoms with Gasteiger partial charge in [-0.3, -0.25) is 10.1 Å². The summed E-state index contributed by atoms with van der Waals surface area (Å²) in [5, 5.41) is 23.8. The number of aromatic nitrogens is 2. The van der Waals surface area contributed by atoms with Crippen molar-refractivity contribution in [2.75, 3.05) is 20.3 Å². The fraction of sp³-hybridized carbons (Fsp3) is 0.385. The van der Waals surface area contributed by atoms with Crippen LogP contribution in [0.5, 0.6) is 0 Å². The van der Waals surface area contributed by atoms with Gasteiger partial charge in [0, 0.05) is 37.9 Å². The quantitative estimate of drug-likeness (QED) is 0.479. The lowest BCUT2D eigenvalue weighted by atomic mass is 10.1. The van der Waals surface area contributed by atoms with Gasteiger partial charge in [0.25, 0.3) is 5.69 Å². The van der Waals surface area contributed by atoms with Crippen LogP contribution in [0.25, 0.3) is 10.6 Å². The second-order valence-electron chi connectivity index (χ2n) is 4.43. The van der Waals surface area contributed by atoms with E-state index in [-0.39, 0.29) is 5.69 Å².